The summed E-state index contributed by atoms with van der Waals surface area (Å²) in [6.07, 6.45) is 1.86. The van der Waals surface area contributed by atoms with E-state index in [1.165, 1.54) is 0 Å². The number of ether oxygens (including phenoxy) is 1. The van der Waals surface area contributed by atoms with Gasteiger partial charge in [-0.2, -0.15) is 0 Å². The van der Waals surface area contributed by atoms with E-state index in [1.54, 1.807) is 13.2 Å². The maximum atomic E-state index is 9.48. The standard InChI is InChI=1S/C10H11NO2/c1-13-6-7-5-11-10-8(7)3-2-4-9(10)12/h2-5,11-12H,6H2,1H3. The van der Waals surface area contributed by atoms with Gasteiger partial charge in [-0.3, -0.25) is 0 Å². The molecule has 0 spiro atoms. The van der Waals surface area contributed by atoms with Gasteiger partial charge in [0.2, 0.25) is 0 Å². The van der Waals surface area contributed by atoms with Crippen molar-refractivity contribution in [1.82, 2.24) is 4.98 Å². The van der Waals surface area contributed by atoms with E-state index >= 15 is 0 Å². The Morgan fingerprint density at radius 2 is 2.31 bits per heavy atom. The fourth-order valence-corrected chi connectivity index (χ4v) is 1.47. The summed E-state index contributed by atoms with van der Waals surface area (Å²) in [5, 5.41) is 10.5. The Bertz CT molecular complexity index is 420. The number of phenolic OH excluding ortho intramolecular Hbond substituents is 1. The van der Waals surface area contributed by atoms with Gasteiger partial charge < -0.3 is 14.8 Å². The summed E-state index contributed by atoms with van der Waals surface area (Å²) in [6, 6.07) is 5.44. The van der Waals surface area contributed by atoms with Crippen molar-refractivity contribution in [2.75, 3.05) is 7.11 Å². The SMILES string of the molecule is COCc1c[nH]c2c(O)cccc12. The second kappa shape index (κ2) is 3.11. The molecule has 3 nitrogen and oxygen atoms in total. The molecule has 13 heavy (non-hydrogen) atoms. The average Bonchev–Trinajstić information content (AvgIpc) is 2.51. The van der Waals surface area contributed by atoms with Gasteiger partial charge in [0.05, 0.1) is 12.1 Å². The Kier molecular flexibility index (Phi) is 1.94. The van der Waals surface area contributed by atoms with Crippen molar-refractivity contribution in [2.24, 2.45) is 0 Å². The van der Waals surface area contributed by atoms with Crippen molar-refractivity contribution >= 4 is 10.9 Å². The molecule has 0 amide bonds. The van der Waals surface area contributed by atoms with Gasteiger partial charge in [-0.15, -0.1) is 0 Å². The van der Waals surface area contributed by atoms with Crippen LogP contribution in [0.15, 0.2) is 24.4 Å². The zero-order valence-electron chi connectivity index (χ0n) is 7.37. The highest BCUT2D eigenvalue weighted by Crippen LogP contribution is 2.26. The number of hydrogen-bond donors (Lipinski definition) is 2. The molecule has 0 aliphatic heterocycles. The van der Waals surface area contributed by atoms with Gasteiger partial charge in [0.25, 0.3) is 0 Å². The van der Waals surface area contributed by atoms with Crippen LogP contribution >= 0.6 is 0 Å². The van der Waals surface area contributed by atoms with Crippen molar-refractivity contribution in [2.45, 2.75) is 6.61 Å². The zero-order valence-corrected chi connectivity index (χ0v) is 7.37. The Balaban J connectivity index is 2.61. The third-order valence-electron chi connectivity index (χ3n) is 2.08. The molecular formula is C10H11NO2. The van der Waals surface area contributed by atoms with Gasteiger partial charge in [-0.05, 0) is 6.07 Å². The first-order valence-corrected chi connectivity index (χ1v) is 4.10. The van der Waals surface area contributed by atoms with Gasteiger partial charge in [0.15, 0.2) is 0 Å². The zero-order chi connectivity index (χ0) is 9.26. The summed E-state index contributed by atoms with van der Waals surface area (Å²) in [4.78, 5) is 3.01. The molecule has 1 aromatic heterocycles. The molecule has 0 saturated carbocycles. The molecule has 0 unspecified atom stereocenters. The monoisotopic (exact) mass is 177 g/mol. The fourth-order valence-electron chi connectivity index (χ4n) is 1.47. The molecule has 0 fully saturated rings. The first kappa shape index (κ1) is 8.13. The highest BCUT2D eigenvalue weighted by atomic mass is 16.5. The lowest BCUT2D eigenvalue weighted by Gasteiger charge is -1.97. The fraction of sp³-hybridized carbons (Fsp3) is 0.200. The van der Waals surface area contributed by atoms with Crippen LogP contribution in [-0.4, -0.2) is 17.2 Å². The lowest BCUT2D eigenvalue weighted by molar-refractivity contribution is 0.186. The molecule has 2 aromatic rings. The Hall–Kier alpha value is -1.48. The number of benzene rings is 1. The lowest BCUT2D eigenvalue weighted by Crippen LogP contribution is -1.83. The number of aromatic amines is 1. The van der Waals surface area contributed by atoms with Crippen LogP contribution in [0.4, 0.5) is 0 Å². The van der Waals surface area contributed by atoms with E-state index in [-0.39, 0.29) is 5.75 Å². The van der Waals surface area contributed by atoms with Crippen LogP contribution in [0.3, 0.4) is 0 Å². The summed E-state index contributed by atoms with van der Waals surface area (Å²) < 4.78 is 5.03. The first-order valence-electron chi connectivity index (χ1n) is 4.10. The Labute approximate surface area is 76.0 Å². The van der Waals surface area contributed by atoms with Crippen LogP contribution in [0.5, 0.6) is 5.75 Å². The Morgan fingerprint density at radius 1 is 1.46 bits per heavy atom. The molecule has 3 heteroatoms. The van der Waals surface area contributed by atoms with E-state index in [0.717, 1.165) is 16.5 Å². The summed E-state index contributed by atoms with van der Waals surface area (Å²) in [5.74, 6) is 0.278. The van der Waals surface area contributed by atoms with Crippen LogP contribution in [0.25, 0.3) is 10.9 Å². The van der Waals surface area contributed by atoms with Crippen molar-refractivity contribution in [3.05, 3.63) is 30.0 Å². The maximum absolute atomic E-state index is 9.48. The highest BCUT2D eigenvalue weighted by molar-refractivity contribution is 5.87. The number of fused-ring (bicyclic) bond motifs is 1. The second-order valence-corrected chi connectivity index (χ2v) is 2.95. The first-order chi connectivity index (χ1) is 6.33. The molecule has 0 aliphatic carbocycles. The number of rotatable bonds is 2. The van der Waals surface area contributed by atoms with Crippen molar-refractivity contribution in [1.29, 1.82) is 0 Å². The molecule has 0 saturated heterocycles. The average molecular weight is 177 g/mol. The minimum Gasteiger partial charge on any atom is -0.506 e. The van der Waals surface area contributed by atoms with E-state index in [4.69, 9.17) is 4.74 Å². The number of aromatic nitrogens is 1. The number of methoxy groups -OCH3 is 1. The van der Waals surface area contributed by atoms with Crippen LogP contribution in [0.1, 0.15) is 5.56 Å². The second-order valence-electron chi connectivity index (χ2n) is 2.95. The molecule has 1 heterocycles. The van der Waals surface area contributed by atoms with E-state index in [0.29, 0.717) is 6.61 Å². The predicted octanol–water partition coefficient (Wildman–Crippen LogP) is 2.02. The van der Waals surface area contributed by atoms with Gasteiger partial charge in [0, 0.05) is 24.3 Å². The lowest BCUT2D eigenvalue weighted by atomic mass is 10.2. The number of phenols is 1. The predicted molar refractivity (Wildman–Crippen MR) is 50.7 cm³/mol. The number of para-hydroxylation sites is 1. The van der Waals surface area contributed by atoms with Crippen LogP contribution in [0, 0.1) is 0 Å². The van der Waals surface area contributed by atoms with Gasteiger partial charge in [-0.25, -0.2) is 0 Å². The molecular weight excluding hydrogens is 166 g/mol. The molecule has 1 aromatic carbocycles. The van der Waals surface area contributed by atoms with Crippen molar-refractivity contribution < 1.29 is 9.84 Å². The van der Waals surface area contributed by atoms with E-state index in [1.807, 2.05) is 18.3 Å². The number of hydrogen-bond acceptors (Lipinski definition) is 2. The summed E-state index contributed by atoms with van der Waals surface area (Å²) in [5.41, 5.74) is 1.84. The largest absolute Gasteiger partial charge is 0.506 e. The smallest absolute Gasteiger partial charge is 0.139 e. The molecule has 0 aliphatic rings. The van der Waals surface area contributed by atoms with Gasteiger partial charge >= 0.3 is 0 Å². The molecule has 68 valence electrons. The summed E-state index contributed by atoms with van der Waals surface area (Å²) in [7, 11) is 1.65. The third-order valence-corrected chi connectivity index (χ3v) is 2.08. The molecule has 2 rings (SSSR count). The molecule has 2 N–H and O–H groups in total. The van der Waals surface area contributed by atoms with E-state index < -0.39 is 0 Å². The van der Waals surface area contributed by atoms with Gasteiger partial charge in [0.1, 0.15) is 5.75 Å². The normalized spacial score (nSPS) is 10.8. The van der Waals surface area contributed by atoms with Crippen molar-refractivity contribution in [3.63, 3.8) is 0 Å². The number of nitrogens with one attached hydrogen (secondary N) is 1. The van der Waals surface area contributed by atoms with Crippen LogP contribution in [-0.2, 0) is 11.3 Å². The number of aromatic hydroxyl groups is 1. The summed E-state index contributed by atoms with van der Waals surface area (Å²) in [6.45, 7) is 0.559. The Morgan fingerprint density at radius 3 is 3.08 bits per heavy atom. The highest BCUT2D eigenvalue weighted by Gasteiger charge is 2.05. The minimum absolute atomic E-state index is 0.278. The summed E-state index contributed by atoms with van der Waals surface area (Å²) >= 11 is 0. The number of H-pyrrole nitrogens is 1. The topological polar surface area (TPSA) is 45.2 Å². The molecule has 0 radical (unpaired) electrons. The third kappa shape index (κ3) is 1.27. The van der Waals surface area contributed by atoms with E-state index in [2.05, 4.69) is 4.98 Å². The minimum atomic E-state index is 0.278. The quantitative estimate of drug-likeness (QED) is 0.737. The van der Waals surface area contributed by atoms with Gasteiger partial charge in [-0.1, -0.05) is 12.1 Å². The maximum Gasteiger partial charge on any atom is 0.139 e. The van der Waals surface area contributed by atoms with Crippen LogP contribution in [0.2, 0.25) is 0 Å². The van der Waals surface area contributed by atoms with E-state index in [9.17, 15) is 5.11 Å². The molecule has 0 atom stereocenters. The molecule has 0 bridgehead atoms. The van der Waals surface area contributed by atoms with Crippen LogP contribution < -0.4 is 0 Å². The van der Waals surface area contributed by atoms with Crippen molar-refractivity contribution in [3.8, 4) is 5.75 Å².